The van der Waals surface area contributed by atoms with Gasteiger partial charge in [0.2, 0.25) is 5.91 Å². The van der Waals surface area contributed by atoms with Crippen molar-refractivity contribution in [3.8, 4) is 11.5 Å². The van der Waals surface area contributed by atoms with Crippen molar-refractivity contribution in [3.05, 3.63) is 47.0 Å². The molecular formula is C27H38Cl2N2O5S. The summed E-state index contributed by atoms with van der Waals surface area (Å²) < 4.78 is 22.8. The Morgan fingerprint density at radius 1 is 1.03 bits per heavy atom. The number of carbonyl (C=O) groups excluding carboxylic acids is 1. The number of anilines is 1. The summed E-state index contributed by atoms with van der Waals surface area (Å²) in [5.74, 6) is 1.42. The molecule has 37 heavy (non-hydrogen) atoms. The van der Waals surface area contributed by atoms with Crippen molar-refractivity contribution >= 4 is 47.4 Å². The average molecular weight is 574 g/mol. The van der Waals surface area contributed by atoms with E-state index < -0.39 is 0 Å². The molecule has 0 saturated carbocycles. The number of rotatable bonds is 15. The molecule has 2 aromatic rings. The Hall–Kier alpha value is -1.68. The summed E-state index contributed by atoms with van der Waals surface area (Å²) in [4.78, 5) is 17.8. The van der Waals surface area contributed by atoms with E-state index in [0.717, 1.165) is 61.2 Å². The lowest BCUT2D eigenvalue weighted by atomic mass is 10.1. The Kier molecular flexibility index (Phi) is 13.9. The Morgan fingerprint density at radius 2 is 1.73 bits per heavy atom. The molecule has 3 rings (SSSR count). The first-order valence-electron chi connectivity index (χ1n) is 12.4. The maximum Gasteiger partial charge on any atom is 0.225 e. The topological polar surface area (TPSA) is 60.5 Å². The molecule has 0 aromatic heterocycles. The fourth-order valence-electron chi connectivity index (χ4n) is 4.08. The fraction of sp³-hybridized carbons (Fsp3) is 0.519. The summed E-state index contributed by atoms with van der Waals surface area (Å²) in [5.41, 5.74) is 1.75. The molecule has 1 unspecified atom stereocenters. The molecule has 0 aliphatic carbocycles. The molecule has 0 N–H and O–H groups in total. The molecule has 0 saturated heterocycles. The van der Waals surface area contributed by atoms with Crippen molar-refractivity contribution in [3.63, 3.8) is 0 Å². The van der Waals surface area contributed by atoms with E-state index in [1.807, 2.05) is 50.2 Å². The van der Waals surface area contributed by atoms with Crippen LogP contribution in [-0.2, 0) is 14.3 Å². The minimum Gasteiger partial charge on any atom is -0.497 e. The molecule has 2 aromatic carbocycles. The van der Waals surface area contributed by atoms with Crippen molar-refractivity contribution in [2.24, 2.45) is 0 Å². The van der Waals surface area contributed by atoms with Gasteiger partial charge < -0.3 is 18.9 Å². The van der Waals surface area contributed by atoms with Gasteiger partial charge in [0.1, 0.15) is 16.9 Å². The lowest BCUT2D eigenvalue weighted by molar-refractivity contribution is -0.116. The smallest absolute Gasteiger partial charge is 0.225 e. The summed E-state index contributed by atoms with van der Waals surface area (Å²) >= 11 is 7.82. The second-order valence-electron chi connectivity index (χ2n) is 8.31. The van der Waals surface area contributed by atoms with Gasteiger partial charge in [-0.05, 0) is 56.7 Å². The average Bonchev–Trinajstić information content (AvgIpc) is 3.25. The molecule has 1 heterocycles. The third kappa shape index (κ3) is 8.94. The van der Waals surface area contributed by atoms with Crippen LogP contribution in [0.4, 0.5) is 5.69 Å². The van der Waals surface area contributed by atoms with Crippen molar-refractivity contribution in [2.45, 2.75) is 37.5 Å². The van der Waals surface area contributed by atoms with Crippen LogP contribution in [0.15, 0.2) is 41.3 Å². The van der Waals surface area contributed by atoms with Crippen molar-refractivity contribution in [1.82, 2.24) is 4.90 Å². The number of hydrogen-bond donors (Lipinski definition) is 0. The standard InChI is InChI=1S/C27H37ClN2O5S.ClH/c1-5-33-16-13-29(14-17-34-6-2)12-7-15-35-25-11-9-22(32-4)19-23(25)27-30(20(3)31)24-10-8-21(28)18-26(24)36-27;/h8-11,18-19,27H,5-7,12-17H2,1-4H3;1H. The zero-order valence-electron chi connectivity index (χ0n) is 22.0. The molecule has 1 atom stereocenters. The van der Waals surface area contributed by atoms with Gasteiger partial charge in [-0.1, -0.05) is 23.4 Å². The van der Waals surface area contributed by atoms with Gasteiger partial charge in [0.05, 0.1) is 32.6 Å². The van der Waals surface area contributed by atoms with Gasteiger partial charge >= 0.3 is 0 Å². The first-order valence-corrected chi connectivity index (χ1v) is 13.7. The number of carbonyl (C=O) groups is 1. The number of ether oxygens (including phenoxy) is 4. The Morgan fingerprint density at radius 3 is 2.35 bits per heavy atom. The Labute approximate surface area is 236 Å². The summed E-state index contributed by atoms with van der Waals surface area (Å²) in [5, 5.41) is 0.376. The van der Waals surface area contributed by atoms with Crippen molar-refractivity contribution < 1.29 is 23.7 Å². The van der Waals surface area contributed by atoms with Crippen LogP contribution in [0.25, 0.3) is 0 Å². The van der Waals surface area contributed by atoms with E-state index in [4.69, 9.17) is 30.5 Å². The summed E-state index contributed by atoms with van der Waals surface area (Å²) in [7, 11) is 1.64. The molecule has 0 fully saturated rings. The lowest BCUT2D eigenvalue weighted by Crippen LogP contribution is -2.33. The third-order valence-electron chi connectivity index (χ3n) is 5.86. The van der Waals surface area contributed by atoms with Crippen molar-refractivity contribution in [1.29, 1.82) is 0 Å². The SMILES string of the molecule is CCOCCN(CCCOc1ccc(OC)cc1C1Sc2cc(Cl)ccc2N1C(C)=O)CCOCC.Cl. The van der Waals surface area contributed by atoms with E-state index in [1.54, 1.807) is 30.7 Å². The van der Waals surface area contributed by atoms with E-state index in [1.165, 1.54) is 0 Å². The molecule has 10 heteroatoms. The van der Waals surface area contributed by atoms with E-state index in [0.29, 0.717) is 30.6 Å². The maximum absolute atomic E-state index is 12.7. The maximum atomic E-state index is 12.7. The molecule has 7 nitrogen and oxygen atoms in total. The van der Waals surface area contributed by atoms with Crippen molar-refractivity contribution in [2.75, 3.05) is 64.7 Å². The van der Waals surface area contributed by atoms with Crippen LogP contribution < -0.4 is 14.4 Å². The summed E-state index contributed by atoms with van der Waals surface area (Å²) in [6, 6.07) is 11.4. The highest BCUT2D eigenvalue weighted by Gasteiger charge is 2.36. The molecular weight excluding hydrogens is 535 g/mol. The van der Waals surface area contributed by atoms with Crippen LogP contribution in [0.2, 0.25) is 5.02 Å². The Bertz CT molecular complexity index is 987. The monoisotopic (exact) mass is 572 g/mol. The van der Waals surface area contributed by atoms with Crippen LogP contribution in [0.3, 0.4) is 0 Å². The minimum absolute atomic E-state index is 0. The van der Waals surface area contributed by atoms with E-state index in [2.05, 4.69) is 4.90 Å². The molecule has 1 aliphatic rings. The molecule has 1 amide bonds. The zero-order chi connectivity index (χ0) is 25.9. The highest BCUT2D eigenvalue weighted by molar-refractivity contribution is 8.00. The lowest BCUT2D eigenvalue weighted by Gasteiger charge is -2.26. The van der Waals surface area contributed by atoms with Crippen LogP contribution in [0, 0.1) is 0 Å². The Balaban J connectivity index is 0.00000481. The van der Waals surface area contributed by atoms with Crippen LogP contribution >= 0.6 is 35.8 Å². The number of halogens is 2. The predicted molar refractivity (Wildman–Crippen MR) is 153 cm³/mol. The molecule has 206 valence electrons. The third-order valence-corrected chi connectivity index (χ3v) is 7.37. The molecule has 0 bridgehead atoms. The number of benzene rings is 2. The highest BCUT2D eigenvalue weighted by atomic mass is 35.5. The molecule has 0 radical (unpaired) electrons. The largest absolute Gasteiger partial charge is 0.497 e. The van der Waals surface area contributed by atoms with Gasteiger partial charge in [-0.25, -0.2) is 0 Å². The van der Waals surface area contributed by atoms with Gasteiger partial charge in [-0.15, -0.1) is 12.4 Å². The second kappa shape index (κ2) is 16.3. The molecule has 0 spiro atoms. The fourth-order valence-corrected chi connectivity index (χ4v) is 5.72. The van der Waals surface area contributed by atoms with Gasteiger partial charge in [0.15, 0.2) is 0 Å². The van der Waals surface area contributed by atoms with Gasteiger partial charge in [-0.3, -0.25) is 14.6 Å². The number of hydrogen-bond acceptors (Lipinski definition) is 7. The quantitative estimate of drug-likeness (QED) is 0.240. The zero-order valence-corrected chi connectivity index (χ0v) is 24.4. The van der Waals surface area contributed by atoms with Crippen LogP contribution in [0.5, 0.6) is 11.5 Å². The highest BCUT2D eigenvalue weighted by Crippen LogP contribution is 2.54. The minimum atomic E-state index is -0.269. The number of fused-ring (bicyclic) bond motifs is 1. The number of amides is 1. The predicted octanol–water partition coefficient (Wildman–Crippen LogP) is 6.07. The van der Waals surface area contributed by atoms with E-state index in [-0.39, 0.29) is 23.7 Å². The summed E-state index contributed by atoms with van der Waals surface area (Å²) in [6.07, 6.45) is 0.855. The van der Waals surface area contributed by atoms with E-state index >= 15 is 0 Å². The second-order valence-corrected chi connectivity index (χ2v) is 9.87. The number of nitrogens with zero attached hydrogens (tertiary/aromatic N) is 2. The van der Waals surface area contributed by atoms with Gasteiger partial charge in [0.25, 0.3) is 0 Å². The van der Waals surface area contributed by atoms with Gasteiger partial charge in [0, 0.05) is 55.3 Å². The number of methoxy groups -OCH3 is 1. The van der Waals surface area contributed by atoms with Gasteiger partial charge in [-0.2, -0.15) is 0 Å². The van der Waals surface area contributed by atoms with E-state index in [9.17, 15) is 4.79 Å². The van der Waals surface area contributed by atoms with Crippen LogP contribution in [-0.4, -0.2) is 70.6 Å². The van der Waals surface area contributed by atoms with Crippen LogP contribution in [0.1, 0.15) is 38.1 Å². The molecule has 1 aliphatic heterocycles. The first-order chi connectivity index (χ1) is 17.5. The number of thioether (sulfide) groups is 1. The summed E-state index contributed by atoms with van der Waals surface area (Å²) in [6.45, 7) is 11.6. The normalized spacial score (nSPS) is 14.4. The first kappa shape index (κ1) is 31.5.